The largest absolute Gasteiger partial charge is 0.389 e. The first-order valence-corrected chi connectivity index (χ1v) is 6.49. The average molecular weight is 267 g/mol. The quantitative estimate of drug-likeness (QED) is 0.772. The zero-order valence-electron chi connectivity index (χ0n) is 11.5. The van der Waals surface area contributed by atoms with Crippen molar-refractivity contribution < 1.29 is 9.90 Å². The number of β-amino-alcohol motifs (C(OH)–C–C–N with tert-alkyl or cyclic N) is 1. The van der Waals surface area contributed by atoms with Gasteiger partial charge in [-0.2, -0.15) is 5.10 Å². The van der Waals surface area contributed by atoms with Crippen molar-refractivity contribution in [2.45, 2.75) is 26.0 Å². The number of carbonyl (C=O) groups is 1. The minimum Gasteiger partial charge on any atom is -0.389 e. The predicted molar refractivity (Wildman–Crippen MR) is 69.3 cm³/mol. The first kappa shape index (κ1) is 14.0. The molecule has 106 valence electrons. The number of nitrogens with zero attached hydrogens (tertiary/aromatic N) is 5. The maximum absolute atomic E-state index is 12.0. The van der Waals surface area contributed by atoms with E-state index >= 15 is 0 Å². The minimum atomic E-state index is -0.688. The normalized spacial score (nSPS) is 17.7. The van der Waals surface area contributed by atoms with Crippen LogP contribution in [0.5, 0.6) is 0 Å². The first-order chi connectivity index (χ1) is 8.94. The highest BCUT2D eigenvalue weighted by molar-refractivity contribution is 5.76. The van der Waals surface area contributed by atoms with Crippen LogP contribution in [0.4, 0.5) is 0 Å². The monoisotopic (exact) mass is 267 g/mol. The molecular formula is C12H21N5O2. The van der Waals surface area contributed by atoms with E-state index in [4.69, 9.17) is 0 Å². The first-order valence-electron chi connectivity index (χ1n) is 6.49. The van der Waals surface area contributed by atoms with Crippen molar-refractivity contribution in [3.63, 3.8) is 0 Å². The molecule has 2 heterocycles. The van der Waals surface area contributed by atoms with E-state index < -0.39 is 5.60 Å². The lowest BCUT2D eigenvalue weighted by atomic mass is 10.1. The number of aromatic nitrogens is 3. The van der Waals surface area contributed by atoms with Gasteiger partial charge in [0, 0.05) is 32.7 Å². The van der Waals surface area contributed by atoms with Gasteiger partial charge in [-0.05, 0) is 13.8 Å². The molecule has 2 rings (SSSR count). The van der Waals surface area contributed by atoms with E-state index in [1.165, 1.54) is 11.0 Å². The van der Waals surface area contributed by atoms with E-state index in [1.54, 1.807) is 20.2 Å². The van der Waals surface area contributed by atoms with Crippen LogP contribution in [0.3, 0.4) is 0 Å². The van der Waals surface area contributed by atoms with Gasteiger partial charge in [0.1, 0.15) is 19.2 Å². The van der Waals surface area contributed by atoms with Gasteiger partial charge in [-0.15, -0.1) is 0 Å². The van der Waals surface area contributed by atoms with E-state index in [0.717, 1.165) is 13.1 Å². The number of amides is 1. The molecule has 0 spiro atoms. The Morgan fingerprint density at radius 3 is 2.53 bits per heavy atom. The van der Waals surface area contributed by atoms with Crippen LogP contribution in [0.2, 0.25) is 0 Å². The summed E-state index contributed by atoms with van der Waals surface area (Å²) in [5, 5.41) is 13.7. The highest BCUT2D eigenvalue weighted by Crippen LogP contribution is 2.09. The molecule has 0 atom stereocenters. The molecule has 0 bridgehead atoms. The summed E-state index contributed by atoms with van der Waals surface area (Å²) >= 11 is 0. The third-order valence-electron chi connectivity index (χ3n) is 3.10. The van der Waals surface area contributed by atoms with E-state index in [0.29, 0.717) is 19.6 Å². The third-order valence-corrected chi connectivity index (χ3v) is 3.10. The molecule has 1 aromatic rings. The maximum atomic E-state index is 12.0. The lowest BCUT2D eigenvalue weighted by molar-refractivity contribution is -0.134. The summed E-state index contributed by atoms with van der Waals surface area (Å²) in [6.45, 7) is 7.47. The van der Waals surface area contributed by atoms with Crippen LogP contribution in [0, 0.1) is 0 Å². The van der Waals surface area contributed by atoms with Crippen LogP contribution in [0.1, 0.15) is 13.8 Å². The fourth-order valence-electron chi connectivity index (χ4n) is 2.26. The highest BCUT2D eigenvalue weighted by Gasteiger charge is 2.24. The van der Waals surface area contributed by atoms with Gasteiger partial charge in [0.2, 0.25) is 5.91 Å². The van der Waals surface area contributed by atoms with E-state index in [-0.39, 0.29) is 12.5 Å². The van der Waals surface area contributed by atoms with Crippen molar-refractivity contribution in [3.05, 3.63) is 12.7 Å². The van der Waals surface area contributed by atoms with Gasteiger partial charge in [0.05, 0.1) is 5.60 Å². The number of rotatable bonds is 4. The van der Waals surface area contributed by atoms with Crippen LogP contribution >= 0.6 is 0 Å². The zero-order chi connectivity index (χ0) is 13.9. The molecule has 0 aromatic carbocycles. The van der Waals surface area contributed by atoms with Gasteiger partial charge in [-0.25, -0.2) is 9.67 Å². The van der Waals surface area contributed by atoms with Crippen molar-refractivity contribution in [2.24, 2.45) is 0 Å². The molecule has 0 aliphatic carbocycles. The van der Waals surface area contributed by atoms with Crippen LogP contribution in [-0.4, -0.2) is 73.9 Å². The van der Waals surface area contributed by atoms with Crippen LogP contribution in [0.15, 0.2) is 12.7 Å². The van der Waals surface area contributed by atoms with Gasteiger partial charge < -0.3 is 10.0 Å². The summed E-state index contributed by atoms with van der Waals surface area (Å²) in [5.41, 5.74) is -0.688. The number of hydrogen-bond donors (Lipinski definition) is 1. The molecule has 1 aliphatic rings. The van der Waals surface area contributed by atoms with E-state index in [1.807, 2.05) is 4.90 Å². The smallest absolute Gasteiger partial charge is 0.244 e. The molecule has 1 fully saturated rings. The van der Waals surface area contributed by atoms with Crippen molar-refractivity contribution in [1.29, 1.82) is 0 Å². The molecule has 1 N–H and O–H groups in total. The summed E-state index contributed by atoms with van der Waals surface area (Å²) in [7, 11) is 0. The molecule has 0 radical (unpaired) electrons. The van der Waals surface area contributed by atoms with Gasteiger partial charge in [0.25, 0.3) is 0 Å². The fraction of sp³-hybridized carbons (Fsp3) is 0.750. The van der Waals surface area contributed by atoms with E-state index in [9.17, 15) is 9.90 Å². The molecule has 7 nitrogen and oxygen atoms in total. The topological polar surface area (TPSA) is 74.5 Å². The van der Waals surface area contributed by atoms with Gasteiger partial charge >= 0.3 is 0 Å². The summed E-state index contributed by atoms with van der Waals surface area (Å²) in [6, 6.07) is 0. The zero-order valence-corrected chi connectivity index (χ0v) is 11.5. The Morgan fingerprint density at radius 2 is 2.00 bits per heavy atom. The molecule has 1 aromatic heterocycles. The fourth-order valence-corrected chi connectivity index (χ4v) is 2.26. The summed E-state index contributed by atoms with van der Waals surface area (Å²) in [6.07, 6.45) is 2.97. The molecule has 0 saturated carbocycles. The summed E-state index contributed by atoms with van der Waals surface area (Å²) in [5.74, 6) is 0.0633. The summed E-state index contributed by atoms with van der Waals surface area (Å²) < 4.78 is 1.53. The highest BCUT2D eigenvalue weighted by atomic mass is 16.3. The molecule has 0 unspecified atom stereocenters. The molecular weight excluding hydrogens is 246 g/mol. The Kier molecular flexibility index (Phi) is 4.16. The van der Waals surface area contributed by atoms with Gasteiger partial charge in [0.15, 0.2) is 0 Å². The number of hydrogen-bond acceptors (Lipinski definition) is 5. The van der Waals surface area contributed by atoms with Gasteiger partial charge in [-0.1, -0.05) is 0 Å². The maximum Gasteiger partial charge on any atom is 0.244 e. The Labute approximate surface area is 112 Å². The Hall–Kier alpha value is -1.47. The molecule has 1 saturated heterocycles. The number of carbonyl (C=O) groups excluding carboxylic acids is 1. The van der Waals surface area contributed by atoms with Gasteiger partial charge in [-0.3, -0.25) is 9.69 Å². The third kappa shape index (κ3) is 4.29. The standard InChI is InChI=1S/C12H21N5O2/c1-12(2,19)8-15-3-5-16(6-4-15)11(18)7-17-10-13-9-14-17/h9-10,19H,3-8H2,1-2H3. The molecule has 1 amide bonds. The predicted octanol–water partition coefficient (Wildman–Crippen LogP) is -0.807. The molecule has 19 heavy (non-hydrogen) atoms. The van der Waals surface area contributed by atoms with Crippen LogP contribution < -0.4 is 0 Å². The van der Waals surface area contributed by atoms with E-state index in [2.05, 4.69) is 15.0 Å². The lowest BCUT2D eigenvalue weighted by Crippen LogP contribution is -2.52. The second-order valence-electron chi connectivity index (χ2n) is 5.56. The molecule has 1 aliphatic heterocycles. The average Bonchev–Trinajstić information content (AvgIpc) is 2.80. The summed E-state index contributed by atoms with van der Waals surface area (Å²) in [4.78, 5) is 19.9. The second-order valence-corrected chi connectivity index (χ2v) is 5.56. The number of aliphatic hydroxyl groups is 1. The SMILES string of the molecule is CC(C)(O)CN1CCN(C(=O)Cn2cncn2)CC1. The number of piperazine rings is 1. The van der Waals surface area contributed by atoms with Crippen molar-refractivity contribution in [2.75, 3.05) is 32.7 Å². The lowest BCUT2D eigenvalue weighted by Gasteiger charge is -2.37. The Balaban J connectivity index is 1.78. The van der Waals surface area contributed by atoms with Crippen molar-refractivity contribution in [3.8, 4) is 0 Å². The minimum absolute atomic E-state index is 0.0633. The van der Waals surface area contributed by atoms with Crippen molar-refractivity contribution >= 4 is 5.91 Å². The Morgan fingerprint density at radius 1 is 1.32 bits per heavy atom. The Bertz CT molecular complexity index is 404. The van der Waals surface area contributed by atoms with Crippen molar-refractivity contribution in [1.82, 2.24) is 24.6 Å². The second kappa shape index (κ2) is 5.66. The van der Waals surface area contributed by atoms with Crippen LogP contribution in [-0.2, 0) is 11.3 Å². The van der Waals surface area contributed by atoms with Crippen LogP contribution in [0.25, 0.3) is 0 Å². The molecule has 7 heteroatoms.